The van der Waals surface area contributed by atoms with Crippen molar-refractivity contribution in [3.63, 3.8) is 0 Å². The number of benzene rings is 2. The van der Waals surface area contributed by atoms with Crippen molar-refractivity contribution in [3.8, 4) is 17.0 Å². The first kappa shape index (κ1) is 16.4. The Balaban J connectivity index is 1.69. The van der Waals surface area contributed by atoms with Crippen LogP contribution in [-0.2, 0) is 0 Å². The highest BCUT2D eigenvalue weighted by Gasteiger charge is 2.10. The van der Waals surface area contributed by atoms with Gasteiger partial charge in [0.1, 0.15) is 11.4 Å². The van der Waals surface area contributed by atoms with Crippen LogP contribution < -0.4 is 5.43 Å². The first-order valence-electron chi connectivity index (χ1n) is 7.78. The van der Waals surface area contributed by atoms with Crippen LogP contribution in [0.3, 0.4) is 0 Å². The number of rotatable bonds is 4. The summed E-state index contributed by atoms with van der Waals surface area (Å²) in [5, 5.41) is 20.2. The summed E-state index contributed by atoms with van der Waals surface area (Å²) < 4.78 is 0. The van der Waals surface area contributed by atoms with Crippen molar-refractivity contribution in [2.45, 2.75) is 13.8 Å². The van der Waals surface area contributed by atoms with E-state index in [9.17, 15) is 9.90 Å². The van der Waals surface area contributed by atoms with Crippen molar-refractivity contribution in [1.82, 2.24) is 15.6 Å². The molecule has 0 aliphatic rings. The van der Waals surface area contributed by atoms with Crippen LogP contribution in [0.4, 0.5) is 0 Å². The maximum Gasteiger partial charge on any atom is 0.289 e. The van der Waals surface area contributed by atoms with Crippen LogP contribution in [-0.4, -0.2) is 27.4 Å². The maximum atomic E-state index is 12.1. The first-order valence-corrected chi connectivity index (χ1v) is 7.78. The summed E-state index contributed by atoms with van der Waals surface area (Å²) in [6, 6.07) is 14.3. The van der Waals surface area contributed by atoms with Crippen LogP contribution in [0, 0.1) is 13.8 Å². The van der Waals surface area contributed by atoms with E-state index in [1.54, 1.807) is 30.3 Å². The zero-order chi connectivity index (χ0) is 17.8. The second kappa shape index (κ2) is 7.00. The van der Waals surface area contributed by atoms with Crippen LogP contribution in [0.1, 0.15) is 27.2 Å². The van der Waals surface area contributed by atoms with E-state index >= 15 is 0 Å². The highest BCUT2D eigenvalue weighted by Crippen LogP contribution is 2.20. The number of aromatic amines is 1. The monoisotopic (exact) mass is 334 g/mol. The number of aromatic hydroxyl groups is 1. The molecule has 3 aromatic rings. The lowest BCUT2D eigenvalue weighted by atomic mass is 10.0. The molecule has 0 saturated heterocycles. The molecular weight excluding hydrogens is 316 g/mol. The third-order valence-corrected chi connectivity index (χ3v) is 3.88. The van der Waals surface area contributed by atoms with Crippen molar-refractivity contribution < 1.29 is 9.90 Å². The van der Waals surface area contributed by atoms with Crippen LogP contribution in [0.25, 0.3) is 11.3 Å². The second-order valence-corrected chi connectivity index (χ2v) is 5.76. The van der Waals surface area contributed by atoms with Crippen molar-refractivity contribution in [1.29, 1.82) is 0 Å². The topological polar surface area (TPSA) is 90.4 Å². The number of hydrogen-bond acceptors (Lipinski definition) is 4. The number of hydrazone groups is 1. The van der Waals surface area contributed by atoms with Crippen LogP contribution in [0.5, 0.6) is 5.75 Å². The summed E-state index contributed by atoms with van der Waals surface area (Å²) >= 11 is 0. The number of amides is 1. The van der Waals surface area contributed by atoms with E-state index in [4.69, 9.17) is 0 Å². The molecule has 1 heterocycles. The van der Waals surface area contributed by atoms with E-state index in [0.29, 0.717) is 17.0 Å². The molecule has 0 fully saturated rings. The smallest absolute Gasteiger partial charge is 0.289 e. The van der Waals surface area contributed by atoms with Crippen molar-refractivity contribution in [2.75, 3.05) is 0 Å². The average molecular weight is 334 g/mol. The number of nitrogens with zero attached hydrogens (tertiary/aromatic N) is 2. The molecule has 3 N–H and O–H groups in total. The van der Waals surface area contributed by atoms with Crippen molar-refractivity contribution in [3.05, 3.63) is 70.9 Å². The Morgan fingerprint density at radius 2 is 2.00 bits per heavy atom. The van der Waals surface area contributed by atoms with Crippen molar-refractivity contribution >= 4 is 12.1 Å². The molecule has 25 heavy (non-hydrogen) atoms. The minimum Gasteiger partial charge on any atom is -0.508 e. The molecule has 0 aliphatic heterocycles. The van der Waals surface area contributed by atoms with Gasteiger partial charge >= 0.3 is 0 Å². The fourth-order valence-corrected chi connectivity index (χ4v) is 2.32. The lowest BCUT2D eigenvalue weighted by Gasteiger charge is -2.01. The fourth-order valence-electron chi connectivity index (χ4n) is 2.32. The zero-order valence-electron chi connectivity index (χ0n) is 13.9. The number of H-pyrrole nitrogens is 1. The molecule has 0 atom stereocenters. The van der Waals surface area contributed by atoms with E-state index in [-0.39, 0.29) is 11.7 Å². The minimum atomic E-state index is -0.390. The number of phenolic OH excluding ortho intramolecular Hbond substituents is 1. The molecule has 1 aromatic heterocycles. The maximum absolute atomic E-state index is 12.1. The van der Waals surface area contributed by atoms with E-state index < -0.39 is 0 Å². The Morgan fingerprint density at radius 1 is 1.16 bits per heavy atom. The third kappa shape index (κ3) is 3.92. The van der Waals surface area contributed by atoms with Gasteiger partial charge in [-0.2, -0.15) is 10.2 Å². The number of aryl methyl sites for hydroxylation is 2. The second-order valence-electron chi connectivity index (χ2n) is 5.76. The summed E-state index contributed by atoms with van der Waals surface area (Å²) in [6.45, 7) is 4.09. The number of nitrogens with one attached hydrogen (secondary N) is 2. The van der Waals surface area contributed by atoms with Gasteiger partial charge in [0.15, 0.2) is 0 Å². The van der Waals surface area contributed by atoms with E-state index in [0.717, 1.165) is 5.56 Å². The number of hydrogen-bond donors (Lipinski definition) is 3. The minimum absolute atomic E-state index is 0.141. The van der Waals surface area contributed by atoms with Crippen molar-refractivity contribution in [2.24, 2.45) is 5.10 Å². The highest BCUT2D eigenvalue weighted by atomic mass is 16.3. The Kier molecular flexibility index (Phi) is 4.61. The molecule has 6 nitrogen and oxygen atoms in total. The van der Waals surface area contributed by atoms with Gasteiger partial charge in [0, 0.05) is 5.56 Å². The van der Waals surface area contributed by atoms with Gasteiger partial charge in [-0.25, -0.2) is 5.43 Å². The summed E-state index contributed by atoms with van der Waals surface area (Å²) in [5.41, 5.74) is 7.45. The van der Waals surface area contributed by atoms with Gasteiger partial charge in [-0.15, -0.1) is 0 Å². The third-order valence-electron chi connectivity index (χ3n) is 3.88. The number of phenols is 1. The lowest BCUT2D eigenvalue weighted by Crippen LogP contribution is -2.17. The van der Waals surface area contributed by atoms with Crippen LogP contribution >= 0.6 is 0 Å². The predicted octanol–water partition coefficient (Wildman–Crippen LogP) is 3.16. The van der Waals surface area contributed by atoms with Gasteiger partial charge in [-0.3, -0.25) is 9.89 Å². The average Bonchev–Trinajstić information content (AvgIpc) is 3.07. The number of aromatic nitrogens is 2. The lowest BCUT2D eigenvalue weighted by molar-refractivity contribution is 0.0950. The standard InChI is InChI=1S/C19H18N4O2/c1-12-6-7-15(8-13(12)2)17-10-18(22-21-17)19(25)23-20-11-14-4-3-5-16(24)9-14/h3-11,24H,1-2H3,(H,21,22)(H,23,25)/b20-11+. The number of carbonyl (C=O) groups excluding carboxylic acids is 1. The molecule has 1 amide bonds. The molecule has 0 spiro atoms. The summed E-state index contributed by atoms with van der Waals surface area (Å²) in [7, 11) is 0. The molecule has 0 unspecified atom stereocenters. The summed E-state index contributed by atoms with van der Waals surface area (Å²) in [6.07, 6.45) is 1.46. The molecule has 126 valence electrons. The molecule has 2 aromatic carbocycles. The predicted molar refractivity (Wildman–Crippen MR) is 96.7 cm³/mol. The van der Waals surface area contributed by atoms with Crippen LogP contribution in [0.15, 0.2) is 53.6 Å². The van der Waals surface area contributed by atoms with Gasteiger partial charge in [0.05, 0.1) is 11.9 Å². The van der Waals surface area contributed by atoms with Gasteiger partial charge in [-0.05, 0) is 54.8 Å². The van der Waals surface area contributed by atoms with Gasteiger partial charge in [-0.1, -0.05) is 24.3 Å². The normalized spacial score (nSPS) is 11.0. The molecule has 0 saturated carbocycles. The van der Waals surface area contributed by atoms with E-state index in [1.165, 1.54) is 17.3 Å². The van der Waals surface area contributed by atoms with Crippen LogP contribution in [0.2, 0.25) is 0 Å². The van der Waals surface area contributed by atoms with E-state index in [1.807, 2.05) is 32.0 Å². The SMILES string of the molecule is Cc1ccc(-c2cc(C(=O)N/N=C/c3cccc(O)c3)[nH]n2)cc1C. The summed E-state index contributed by atoms with van der Waals surface area (Å²) in [4.78, 5) is 12.1. The summed E-state index contributed by atoms with van der Waals surface area (Å²) in [5.74, 6) is -0.249. The Morgan fingerprint density at radius 3 is 2.76 bits per heavy atom. The largest absolute Gasteiger partial charge is 0.508 e. The van der Waals surface area contributed by atoms with E-state index in [2.05, 4.69) is 20.7 Å². The number of carbonyl (C=O) groups is 1. The Bertz CT molecular complexity index is 944. The quantitative estimate of drug-likeness (QED) is 0.505. The molecule has 3 rings (SSSR count). The molecule has 0 aliphatic carbocycles. The Hall–Kier alpha value is -3.41. The van der Waals surface area contributed by atoms with Gasteiger partial charge in [0.2, 0.25) is 0 Å². The molecule has 6 heteroatoms. The fraction of sp³-hybridized carbons (Fsp3) is 0.105. The first-order chi connectivity index (χ1) is 12.0. The zero-order valence-corrected chi connectivity index (χ0v) is 13.9. The molecular formula is C19H18N4O2. The highest BCUT2D eigenvalue weighted by molar-refractivity contribution is 5.94. The van der Waals surface area contributed by atoms with Gasteiger partial charge < -0.3 is 5.11 Å². The Labute approximate surface area is 145 Å². The van der Waals surface area contributed by atoms with Gasteiger partial charge in [0.25, 0.3) is 5.91 Å². The molecule has 0 radical (unpaired) electrons. The molecule has 0 bridgehead atoms.